The number of nitrogens with zero attached hydrogens (tertiary/aromatic N) is 7. The number of aryl methyl sites for hydroxylation is 1. The van der Waals surface area contributed by atoms with Gasteiger partial charge in [-0.1, -0.05) is 0 Å². The first-order chi connectivity index (χ1) is 40.2. The summed E-state index contributed by atoms with van der Waals surface area (Å²) in [7, 11) is -0.0714. The molecule has 29 heteroatoms. The summed E-state index contributed by atoms with van der Waals surface area (Å²) in [4.78, 5) is 36.7. The summed E-state index contributed by atoms with van der Waals surface area (Å²) in [5.41, 5.74) is 2.57. The van der Waals surface area contributed by atoms with E-state index in [1.54, 1.807) is 66.2 Å². The number of aromatic amines is 1. The van der Waals surface area contributed by atoms with Gasteiger partial charge in [-0.2, -0.15) is 5.10 Å². The van der Waals surface area contributed by atoms with Crippen molar-refractivity contribution in [3.63, 3.8) is 0 Å². The van der Waals surface area contributed by atoms with Crippen molar-refractivity contribution in [2.45, 2.75) is 187 Å². The third-order valence-electron chi connectivity index (χ3n) is 17.6. The van der Waals surface area contributed by atoms with E-state index in [1.165, 1.54) is 4.70 Å². The van der Waals surface area contributed by atoms with Gasteiger partial charge in [-0.25, -0.2) is 29.4 Å². The largest absolute Gasteiger partial charge is 0.498 e. The number of fused-ring (bicyclic) bond motifs is 3. The fourth-order valence-electron chi connectivity index (χ4n) is 9.36. The monoisotopic (exact) mass is 1210 g/mol. The topological polar surface area (TPSA) is 267 Å². The number of carbonyl (C=O) groups is 1. The van der Waals surface area contributed by atoms with Gasteiger partial charge in [0.1, 0.15) is 24.1 Å². The fourth-order valence-corrected chi connectivity index (χ4v) is 10.2. The lowest BCUT2D eigenvalue weighted by Gasteiger charge is -2.32. The van der Waals surface area contributed by atoms with Crippen molar-refractivity contribution < 1.29 is 70.8 Å². The summed E-state index contributed by atoms with van der Waals surface area (Å²) in [5.74, 6) is 0.471. The molecule has 0 radical (unpaired) electrons. The van der Waals surface area contributed by atoms with Gasteiger partial charge in [0.2, 0.25) is 0 Å². The highest BCUT2D eigenvalue weighted by Gasteiger charge is 2.56. The van der Waals surface area contributed by atoms with Crippen LogP contribution in [0.5, 0.6) is 6.01 Å². The van der Waals surface area contributed by atoms with Gasteiger partial charge < -0.3 is 76.3 Å². The maximum absolute atomic E-state index is 12.3. The van der Waals surface area contributed by atoms with Crippen LogP contribution in [0.2, 0.25) is 0 Å². The summed E-state index contributed by atoms with van der Waals surface area (Å²) >= 11 is 1.72. The molecule has 0 unspecified atom stereocenters. The number of aromatic nitrogens is 8. The molecule has 6 aromatic heterocycles. The first kappa shape index (κ1) is 65.5. The van der Waals surface area contributed by atoms with Crippen LogP contribution in [0, 0.1) is 6.92 Å². The second-order valence-corrected chi connectivity index (χ2v) is 26.9. The smallest absolute Gasteiger partial charge is 0.455 e. The number of H-pyrrole nitrogens is 1. The Morgan fingerprint density at radius 3 is 1.69 bits per heavy atom. The van der Waals surface area contributed by atoms with E-state index in [-0.39, 0.29) is 79.2 Å². The molecule has 6 fully saturated rings. The van der Waals surface area contributed by atoms with Crippen LogP contribution in [0.1, 0.15) is 127 Å². The number of ether oxygens (including phenoxy) is 5. The van der Waals surface area contributed by atoms with Crippen LogP contribution in [0.4, 0.5) is 0 Å². The first-order valence-electron chi connectivity index (χ1n) is 29.1. The predicted octanol–water partition coefficient (Wildman–Crippen LogP) is 3.72. The van der Waals surface area contributed by atoms with Gasteiger partial charge >= 0.3 is 34.5 Å². The van der Waals surface area contributed by atoms with Crippen molar-refractivity contribution in [3.05, 3.63) is 72.4 Å². The van der Waals surface area contributed by atoms with Crippen molar-refractivity contribution in [2.75, 3.05) is 46.7 Å². The molecule has 6 aliphatic heterocycles. The van der Waals surface area contributed by atoms with Gasteiger partial charge in [0.25, 0.3) is 5.91 Å². The molecule has 6 aromatic rings. The molecular formula is C57H83B4N9O15S. The van der Waals surface area contributed by atoms with Gasteiger partial charge in [-0.3, -0.25) is 4.79 Å². The summed E-state index contributed by atoms with van der Waals surface area (Å²) in [6, 6.07) is 3.95. The van der Waals surface area contributed by atoms with Gasteiger partial charge in [0, 0.05) is 85.0 Å². The van der Waals surface area contributed by atoms with Crippen LogP contribution >= 0.6 is 11.3 Å². The average Bonchev–Trinajstić information content (AvgIpc) is 1.76. The van der Waals surface area contributed by atoms with E-state index >= 15 is 0 Å². The highest BCUT2D eigenvalue weighted by Crippen LogP contribution is 2.40. The predicted molar refractivity (Wildman–Crippen MR) is 326 cm³/mol. The van der Waals surface area contributed by atoms with Gasteiger partial charge in [0.15, 0.2) is 17.4 Å². The molecule has 3 N–H and O–H groups in total. The van der Waals surface area contributed by atoms with E-state index in [9.17, 15) is 9.90 Å². The molecule has 0 saturated carbocycles. The Morgan fingerprint density at radius 2 is 1.15 bits per heavy atom. The zero-order valence-electron chi connectivity index (χ0n) is 52.8. The second-order valence-electron chi connectivity index (χ2n) is 26.0. The summed E-state index contributed by atoms with van der Waals surface area (Å²) in [6.07, 6.45) is 10.7. The SMILES string of the molecule is CC1(C)OB(c2c[nH]c3ccsc23)OC1(C)C.CC1(C)OB(c2cnc(O[C@@H]3CO[C@H]4[C@@H]3OC[C@H]4O)nc2)OC1(C)C.COCCOCCNC(=O)c1cc2ncc(B3OC(C)(C)C(C)(C)O3)cn2n1.Cc1ncc(B2OC(C)(C)C(C)(C)O2)cn1. The van der Waals surface area contributed by atoms with Gasteiger partial charge in [-0.15, -0.1) is 11.3 Å². The molecule has 12 heterocycles. The Balaban J connectivity index is 0.000000140. The molecule has 4 atom stereocenters. The zero-order chi connectivity index (χ0) is 62.4. The van der Waals surface area contributed by atoms with Crippen LogP contribution < -0.4 is 31.9 Å². The summed E-state index contributed by atoms with van der Waals surface area (Å²) < 4.78 is 77.7. The number of rotatable bonds is 13. The molecule has 0 bridgehead atoms. The Bertz CT molecular complexity index is 3210. The molecule has 86 heavy (non-hydrogen) atoms. The van der Waals surface area contributed by atoms with E-state index in [4.69, 9.17) is 60.9 Å². The van der Waals surface area contributed by atoms with Gasteiger partial charge in [0.05, 0.1) is 88.1 Å². The van der Waals surface area contributed by atoms with E-state index < -0.39 is 42.7 Å². The third-order valence-corrected chi connectivity index (χ3v) is 18.6. The van der Waals surface area contributed by atoms with E-state index in [0.717, 1.165) is 33.2 Å². The Morgan fingerprint density at radius 1 is 0.663 bits per heavy atom. The number of hydrogen-bond acceptors (Lipinski definition) is 22. The second kappa shape index (κ2) is 25.1. The average molecular weight is 1210 g/mol. The zero-order valence-corrected chi connectivity index (χ0v) is 53.7. The van der Waals surface area contributed by atoms with Gasteiger partial charge in [-0.05, 0) is 129 Å². The molecule has 12 rings (SSSR count). The molecule has 0 aliphatic carbocycles. The molecule has 464 valence electrons. The number of thiophene rings is 1. The van der Waals surface area contributed by atoms with Crippen LogP contribution in [0.25, 0.3) is 15.9 Å². The molecule has 0 aromatic carbocycles. The minimum Gasteiger partial charge on any atom is -0.455 e. The number of aliphatic hydroxyl groups excluding tert-OH is 1. The number of methoxy groups -OCH3 is 1. The maximum Gasteiger partial charge on any atom is 0.498 e. The lowest BCUT2D eigenvalue weighted by Crippen LogP contribution is -2.41. The molecule has 0 spiro atoms. The number of carbonyl (C=O) groups excluding carboxylic acids is 1. The number of hydrogen-bond donors (Lipinski definition) is 3. The lowest BCUT2D eigenvalue weighted by molar-refractivity contribution is 0.00578. The Kier molecular flexibility index (Phi) is 19.1. The summed E-state index contributed by atoms with van der Waals surface area (Å²) in [5, 5.41) is 18.9. The van der Waals surface area contributed by atoms with Crippen LogP contribution in [0.3, 0.4) is 0 Å². The van der Waals surface area contributed by atoms with Crippen molar-refractivity contribution in [1.82, 2.24) is 44.8 Å². The first-order valence-corrected chi connectivity index (χ1v) is 30.0. The van der Waals surface area contributed by atoms with Crippen LogP contribution in [-0.2, 0) is 56.2 Å². The molecule has 1 amide bonds. The van der Waals surface area contributed by atoms with Crippen molar-refractivity contribution in [1.29, 1.82) is 0 Å². The highest BCUT2D eigenvalue weighted by atomic mass is 32.1. The fraction of sp³-hybridized carbons (Fsp3) is 0.632. The number of aliphatic hydroxyl groups is 1. The van der Waals surface area contributed by atoms with Crippen molar-refractivity contribution >= 4 is 83.4 Å². The highest BCUT2D eigenvalue weighted by molar-refractivity contribution is 7.18. The Hall–Kier alpha value is -4.97. The quantitative estimate of drug-likeness (QED) is 0.110. The summed E-state index contributed by atoms with van der Waals surface area (Å²) in [6.45, 7) is 36.7. The minimum absolute atomic E-state index is 0.236. The maximum atomic E-state index is 12.3. The number of amides is 1. The van der Waals surface area contributed by atoms with E-state index in [1.807, 2.05) is 96.2 Å². The molecule has 6 aliphatic rings. The van der Waals surface area contributed by atoms with Crippen molar-refractivity contribution in [2.24, 2.45) is 0 Å². The number of nitrogens with one attached hydrogen (secondary N) is 2. The third kappa shape index (κ3) is 14.1. The van der Waals surface area contributed by atoms with E-state index in [0.29, 0.717) is 38.6 Å². The molecule has 24 nitrogen and oxygen atoms in total. The van der Waals surface area contributed by atoms with E-state index in [2.05, 4.69) is 79.5 Å². The Labute approximate surface area is 509 Å². The normalized spacial score (nSPS) is 24.9. The van der Waals surface area contributed by atoms with Crippen LogP contribution in [0.15, 0.2) is 60.9 Å². The minimum atomic E-state index is -0.606. The lowest BCUT2D eigenvalue weighted by atomic mass is 9.81. The standard InChI is InChI=1S/C18H27BN4O5.C16H23BN2O6.C12H16BNO2S.C11H17BN2O2/c1-17(2)18(3,4)28-19(27-17)13-11-21-15-10-14(22-23(15)12-13)16(24)20-6-7-26-9-8-25-5;1-15(2)16(3,4)25-17(24-15)9-5-18-14(19-6-9)23-11-8-22-12-10(20)7-21-13(11)12;1-11(2)12(3,4)16-13(15-11)8-7-14-9-5-6-17-10(8)9;1-8-13-6-9(7-14-8)12-15-10(2,3)11(4,5)16-12/h10-12H,6-9H2,1-5H3,(H,20,24);5-6,10-13,20H,7-8H2,1-4H3;5-7,14H,1-4H3;6-7H,1-5H3/t;10-,11-,12-,13-;;/m.1../s1. The van der Waals surface area contributed by atoms with Crippen molar-refractivity contribution in [3.8, 4) is 6.01 Å². The van der Waals surface area contributed by atoms with Crippen LogP contribution in [-0.4, -0.2) is 195 Å². The molecule has 6 saturated heterocycles. The molecular weight excluding hydrogens is 1130 g/mol.